The quantitative estimate of drug-likeness (QED) is 0.321. The molecule has 4 rings (SSSR count). The second kappa shape index (κ2) is 8.91. The van der Waals surface area contributed by atoms with Crippen LogP contribution in [0.15, 0.2) is 58.2 Å². The predicted octanol–water partition coefficient (Wildman–Crippen LogP) is 4.21. The Balaban J connectivity index is 1.53. The highest BCUT2D eigenvalue weighted by atomic mass is 32.2. The van der Waals surface area contributed by atoms with Crippen LogP contribution < -0.4 is 9.47 Å². The maximum atomic E-state index is 5.45. The highest BCUT2D eigenvalue weighted by Gasteiger charge is 2.17. The molecule has 0 bridgehead atoms. The van der Waals surface area contributed by atoms with Crippen molar-refractivity contribution in [3.8, 4) is 34.3 Å². The molecule has 0 fully saturated rings. The summed E-state index contributed by atoms with van der Waals surface area (Å²) in [7, 11) is 3.16. The fourth-order valence-corrected chi connectivity index (χ4v) is 3.66. The number of thioether (sulfide) groups is 1. The summed E-state index contributed by atoms with van der Waals surface area (Å²) >= 11 is 1.49. The van der Waals surface area contributed by atoms with E-state index in [1.54, 1.807) is 20.4 Å². The second-order valence-corrected chi connectivity index (χ2v) is 7.19. The third-order valence-corrected chi connectivity index (χ3v) is 5.09. The van der Waals surface area contributed by atoms with Crippen LogP contribution in [-0.4, -0.2) is 39.3 Å². The Morgan fingerprint density at radius 3 is 2.63 bits per heavy atom. The zero-order valence-corrected chi connectivity index (χ0v) is 17.5. The van der Waals surface area contributed by atoms with Gasteiger partial charge in [0.2, 0.25) is 11.7 Å². The van der Waals surface area contributed by atoms with E-state index < -0.39 is 0 Å². The number of aryl methyl sites for hydroxylation is 1. The van der Waals surface area contributed by atoms with E-state index in [-0.39, 0.29) is 0 Å². The van der Waals surface area contributed by atoms with Gasteiger partial charge in [-0.2, -0.15) is 4.98 Å². The number of hydrogen-bond donors (Lipinski definition) is 0. The molecule has 4 aromatic rings. The van der Waals surface area contributed by atoms with Crippen LogP contribution in [-0.2, 0) is 5.75 Å². The Bertz CT molecular complexity index is 1150. The number of pyridine rings is 1. The summed E-state index contributed by atoms with van der Waals surface area (Å²) in [5, 5.41) is 4.89. The lowest BCUT2D eigenvalue weighted by atomic mass is 10.2. The number of methoxy groups -OCH3 is 2. The molecule has 0 amide bonds. The fourth-order valence-electron chi connectivity index (χ4n) is 2.88. The Labute approximate surface area is 177 Å². The summed E-state index contributed by atoms with van der Waals surface area (Å²) in [6.07, 6.45) is 1.74. The first-order chi connectivity index (χ1) is 14.7. The number of ether oxygens (including phenoxy) is 2. The minimum absolute atomic E-state index is 0.439. The van der Waals surface area contributed by atoms with E-state index in [1.807, 2.05) is 49.4 Å². The van der Waals surface area contributed by atoms with Crippen molar-refractivity contribution in [2.45, 2.75) is 17.7 Å². The van der Waals surface area contributed by atoms with Gasteiger partial charge in [0.15, 0.2) is 11.5 Å². The molecule has 0 spiro atoms. The fraction of sp³-hybridized carbons (Fsp3) is 0.190. The van der Waals surface area contributed by atoms with Crippen molar-refractivity contribution in [3.05, 3.63) is 60.4 Å². The number of aromatic nitrogens is 5. The molecule has 0 radical (unpaired) electrons. The Hall–Kier alpha value is -3.46. The first-order valence-electron chi connectivity index (χ1n) is 9.11. The number of nitrogens with zero attached hydrogens (tertiary/aromatic N) is 5. The van der Waals surface area contributed by atoms with Crippen LogP contribution in [0.3, 0.4) is 0 Å². The van der Waals surface area contributed by atoms with Gasteiger partial charge in [-0.3, -0.25) is 4.98 Å². The molecule has 0 aliphatic carbocycles. The van der Waals surface area contributed by atoms with Gasteiger partial charge in [-0.05, 0) is 37.3 Å². The van der Waals surface area contributed by atoms with Gasteiger partial charge in [0.25, 0.3) is 0 Å². The molecule has 0 N–H and O–H groups in total. The molecule has 152 valence electrons. The monoisotopic (exact) mass is 421 g/mol. The third-order valence-electron chi connectivity index (χ3n) is 4.20. The molecule has 8 nitrogen and oxygen atoms in total. The van der Waals surface area contributed by atoms with Gasteiger partial charge in [-0.15, -0.1) is 0 Å². The van der Waals surface area contributed by atoms with Gasteiger partial charge in [-0.1, -0.05) is 29.1 Å². The van der Waals surface area contributed by atoms with E-state index in [0.29, 0.717) is 40.4 Å². The van der Waals surface area contributed by atoms with Crippen molar-refractivity contribution in [2.24, 2.45) is 0 Å². The van der Waals surface area contributed by atoms with Crippen LogP contribution in [0, 0.1) is 6.92 Å². The molecule has 0 saturated heterocycles. The third kappa shape index (κ3) is 4.25. The Morgan fingerprint density at radius 1 is 0.967 bits per heavy atom. The van der Waals surface area contributed by atoms with Crippen LogP contribution >= 0.6 is 11.8 Å². The van der Waals surface area contributed by atoms with Crippen LogP contribution in [0.25, 0.3) is 22.8 Å². The lowest BCUT2D eigenvalue weighted by Gasteiger charge is -2.09. The highest BCUT2D eigenvalue weighted by Crippen LogP contribution is 2.36. The Morgan fingerprint density at radius 2 is 1.87 bits per heavy atom. The summed E-state index contributed by atoms with van der Waals surface area (Å²) in [6.45, 7) is 1.86. The number of benzene rings is 1. The van der Waals surface area contributed by atoms with E-state index in [1.165, 1.54) is 11.8 Å². The molecule has 0 aliphatic heterocycles. The summed E-state index contributed by atoms with van der Waals surface area (Å²) in [5.74, 6) is 3.23. The average molecular weight is 421 g/mol. The summed E-state index contributed by atoms with van der Waals surface area (Å²) < 4.78 is 16.2. The minimum Gasteiger partial charge on any atom is -0.493 e. The zero-order chi connectivity index (χ0) is 20.9. The zero-order valence-electron chi connectivity index (χ0n) is 16.7. The lowest BCUT2D eigenvalue weighted by Crippen LogP contribution is -1.95. The minimum atomic E-state index is 0.439. The molecular formula is C21H19N5O3S. The first kappa shape index (κ1) is 19.8. The topological polar surface area (TPSA) is 96.1 Å². The molecule has 0 aliphatic rings. The van der Waals surface area contributed by atoms with Crippen molar-refractivity contribution < 1.29 is 14.0 Å². The van der Waals surface area contributed by atoms with E-state index in [4.69, 9.17) is 14.0 Å². The standard InChI is InChI=1S/C21H19N5O3S/c1-13-23-16(15-8-4-5-10-22-15)11-19(24-13)30-12-18-25-21(26-29-18)14-7-6-9-17(27-2)20(14)28-3/h4-11H,12H2,1-3H3. The van der Waals surface area contributed by atoms with E-state index in [9.17, 15) is 0 Å². The SMILES string of the molecule is COc1cccc(-c2noc(CSc3cc(-c4ccccn4)nc(C)n3)n2)c1OC. The van der Waals surface area contributed by atoms with E-state index in [0.717, 1.165) is 16.4 Å². The van der Waals surface area contributed by atoms with Gasteiger partial charge in [0.1, 0.15) is 10.9 Å². The second-order valence-electron chi connectivity index (χ2n) is 6.20. The lowest BCUT2D eigenvalue weighted by molar-refractivity contribution is 0.355. The molecule has 0 atom stereocenters. The van der Waals surface area contributed by atoms with E-state index in [2.05, 4.69) is 25.1 Å². The summed E-state index contributed by atoms with van der Waals surface area (Å²) in [4.78, 5) is 17.8. The van der Waals surface area contributed by atoms with Gasteiger partial charge < -0.3 is 14.0 Å². The van der Waals surface area contributed by atoms with Crippen molar-refractivity contribution in [1.82, 2.24) is 25.1 Å². The van der Waals surface area contributed by atoms with Gasteiger partial charge in [0, 0.05) is 6.20 Å². The number of hydrogen-bond acceptors (Lipinski definition) is 9. The van der Waals surface area contributed by atoms with Gasteiger partial charge >= 0.3 is 0 Å². The summed E-state index contributed by atoms with van der Waals surface area (Å²) in [5.41, 5.74) is 2.28. The largest absolute Gasteiger partial charge is 0.493 e. The first-order valence-corrected chi connectivity index (χ1v) is 10.1. The number of rotatable bonds is 7. The van der Waals surface area contributed by atoms with Crippen molar-refractivity contribution in [1.29, 1.82) is 0 Å². The van der Waals surface area contributed by atoms with Gasteiger partial charge in [-0.25, -0.2) is 9.97 Å². The van der Waals surface area contributed by atoms with Gasteiger partial charge in [0.05, 0.1) is 36.9 Å². The average Bonchev–Trinajstić information content (AvgIpc) is 3.26. The molecule has 30 heavy (non-hydrogen) atoms. The predicted molar refractivity (Wildman–Crippen MR) is 112 cm³/mol. The van der Waals surface area contributed by atoms with Crippen LogP contribution in [0.1, 0.15) is 11.7 Å². The Kier molecular flexibility index (Phi) is 5.89. The molecule has 3 aromatic heterocycles. The maximum Gasteiger partial charge on any atom is 0.237 e. The molecule has 0 saturated carbocycles. The van der Waals surface area contributed by atoms with Crippen LogP contribution in [0.2, 0.25) is 0 Å². The number of para-hydroxylation sites is 1. The van der Waals surface area contributed by atoms with Crippen molar-refractivity contribution >= 4 is 11.8 Å². The molecule has 0 unspecified atom stereocenters. The van der Waals surface area contributed by atoms with E-state index >= 15 is 0 Å². The highest BCUT2D eigenvalue weighted by molar-refractivity contribution is 7.98. The molecule has 1 aromatic carbocycles. The molecule has 9 heteroatoms. The van der Waals surface area contributed by atoms with Crippen LogP contribution in [0.5, 0.6) is 11.5 Å². The normalized spacial score (nSPS) is 10.8. The van der Waals surface area contributed by atoms with Crippen LogP contribution in [0.4, 0.5) is 0 Å². The smallest absolute Gasteiger partial charge is 0.237 e. The molecule has 3 heterocycles. The van der Waals surface area contributed by atoms with Crippen molar-refractivity contribution in [2.75, 3.05) is 14.2 Å². The van der Waals surface area contributed by atoms with Crippen molar-refractivity contribution in [3.63, 3.8) is 0 Å². The maximum absolute atomic E-state index is 5.45. The summed E-state index contributed by atoms with van der Waals surface area (Å²) in [6, 6.07) is 13.2. The molecular weight excluding hydrogens is 402 g/mol.